The molecule has 0 radical (unpaired) electrons. The Hall–Kier alpha value is -1.15. The minimum absolute atomic E-state index is 0.0719. The van der Waals surface area contributed by atoms with Crippen LogP contribution in [0.2, 0.25) is 0 Å². The lowest BCUT2D eigenvalue weighted by Crippen LogP contribution is -2.37. The first-order chi connectivity index (χ1) is 6.72. The molecule has 1 aromatic rings. The molecule has 0 fully saturated rings. The summed E-state index contributed by atoms with van der Waals surface area (Å²) in [5.41, 5.74) is 1.19. The average molecular weight is 191 g/mol. The van der Waals surface area contributed by atoms with E-state index in [2.05, 4.69) is 5.32 Å². The van der Waals surface area contributed by atoms with Gasteiger partial charge in [-0.2, -0.15) is 0 Å². The second-order valence-electron chi connectivity index (χ2n) is 3.75. The molecule has 0 amide bonds. The zero-order valence-corrected chi connectivity index (χ0v) is 8.73. The Morgan fingerprint density at radius 1 is 1.29 bits per heavy atom. The van der Waals surface area contributed by atoms with Crippen LogP contribution in [0.1, 0.15) is 19.4 Å². The lowest BCUT2D eigenvalue weighted by Gasteiger charge is -2.15. The normalized spacial score (nSPS) is 12.8. The lowest BCUT2D eigenvalue weighted by molar-refractivity contribution is -0.109. The van der Waals surface area contributed by atoms with Crippen LogP contribution in [0.3, 0.4) is 0 Å². The highest BCUT2D eigenvalue weighted by Crippen LogP contribution is 2.02. The van der Waals surface area contributed by atoms with E-state index >= 15 is 0 Å². The molecule has 0 aromatic heterocycles. The zero-order chi connectivity index (χ0) is 10.4. The third-order valence-electron chi connectivity index (χ3n) is 2.01. The summed E-state index contributed by atoms with van der Waals surface area (Å²) < 4.78 is 0. The van der Waals surface area contributed by atoms with Crippen LogP contribution in [0.25, 0.3) is 0 Å². The van der Waals surface area contributed by atoms with Crippen LogP contribution >= 0.6 is 0 Å². The van der Waals surface area contributed by atoms with Crippen molar-refractivity contribution in [3.05, 3.63) is 35.9 Å². The molecule has 1 aromatic carbocycles. The monoisotopic (exact) mass is 191 g/mol. The average Bonchev–Trinajstić information content (AvgIpc) is 2.17. The number of rotatable bonds is 5. The predicted octanol–water partition coefficient (Wildman–Crippen LogP) is 1.79. The Labute approximate surface area is 85.3 Å². The molecule has 2 nitrogen and oxygen atoms in total. The summed E-state index contributed by atoms with van der Waals surface area (Å²) in [6, 6.07) is 10.3. The fourth-order valence-corrected chi connectivity index (χ4v) is 1.44. The van der Waals surface area contributed by atoms with E-state index in [0.29, 0.717) is 6.04 Å². The molecule has 0 bridgehead atoms. The van der Waals surface area contributed by atoms with Gasteiger partial charge in [0, 0.05) is 6.04 Å². The first kappa shape index (κ1) is 10.9. The smallest absolute Gasteiger partial charge is 0.137 e. The summed E-state index contributed by atoms with van der Waals surface area (Å²) in [6.45, 7) is 4.09. The number of nitrogens with one attached hydrogen (secondary N) is 1. The number of benzene rings is 1. The van der Waals surface area contributed by atoms with Gasteiger partial charge in [0.15, 0.2) is 0 Å². The fourth-order valence-electron chi connectivity index (χ4n) is 1.44. The number of aldehydes is 1. The Morgan fingerprint density at radius 2 is 1.93 bits per heavy atom. The standard InChI is InChI=1S/C12H17NO/c1-10(2)13-12(9-14)8-11-6-4-3-5-7-11/h3-7,9-10,12-13H,8H2,1-2H3/t12-/m0/s1. The van der Waals surface area contributed by atoms with Gasteiger partial charge in [-0.05, 0) is 12.0 Å². The predicted molar refractivity (Wildman–Crippen MR) is 58.3 cm³/mol. The van der Waals surface area contributed by atoms with Crippen LogP contribution in [0.5, 0.6) is 0 Å². The minimum Gasteiger partial charge on any atom is -0.305 e. The Bertz CT molecular complexity index is 269. The summed E-state index contributed by atoms with van der Waals surface area (Å²) >= 11 is 0. The largest absolute Gasteiger partial charge is 0.305 e. The van der Waals surface area contributed by atoms with Gasteiger partial charge >= 0.3 is 0 Å². The van der Waals surface area contributed by atoms with E-state index in [4.69, 9.17) is 0 Å². The molecule has 0 heterocycles. The van der Waals surface area contributed by atoms with E-state index in [9.17, 15) is 4.79 Å². The van der Waals surface area contributed by atoms with Crippen LogP contribution in [-0.4, -0.2) is 18.4 Å². The van der Waals surface area contributed by atoms with Crippen LogP contribution < -0.4 is 5.32 Å². The van der Waals surface area contributed by atoms with Gasteiger partial charge in [-0.1, -0.05) is 44.2 Å². The molecule has 0 aliphatic heterocycles. The number of hydrogen-bond acceptors (Lipinski definition) is 2. The van der Waals surface area contributed by atoms with Gasteiger partial charge < -0.3 is 10.1 Å². The third-order valence-corrected chi connectivity index (χ3v) is 2.01. The number of carbonyl (C=O) groups is 1. The van der Waals surface area contributed by atoms with Gasteiger partial charge in [0.25, 0.3) is 0 Å². The lowest BCUT2D eigenvalue weighted by atomic mass is 10.1. The van der Waals surface area contributed by atoms with Gasteiger partial charge in [0.05, 0.1) is 6.04 Å². The SMILES string of the molecule is CC(C)N[C@H](C=O)Cc1ccccc1. The first-order valence-electron chi connectivity index (χ1n) is 4.97. The molecule has 0 unspecified atom stereocenters. The van der Waals surface area contributed by atoms with Crippen molar-refractivity contribution in [1.29, 1.82) is 0 Å². The Morgan fingerprint density at radius 3 is 2.43 bits per heavy atom. The van der Waals surface area contributed by atoms with Gasteiger partial charge in [-0.15, -0.1) is 0 Å². The minimum atomic E-state index is -0.0719. The van der Waals surface area contributed by atoms with E-state index in [0.717, 1.165) is 12.7 Å². The van der Waals surface area contributed by atoms with Gasteiger partial charge in [0.2, 0.25) is 0 Å². The zero-order valence-electron chi connectivity index (χ0n) is 8.73. The summed E-state index contributed by atoms with van der Waals surface area (Å²) in [7, 11) is 0. The van der Waals surface area contributed by atoms with Gasteiger partial charge in [0.1, 0.15) is 6.29 Å². The van der Waals surface area contributed by atoms with Crippen molar-refractivity contribution in [3.63, 3.8) is 0 Å². The molecule has 1 N–H and O–H groups in total. The van der Waals surface area contributed by atoms with Gasteiger partial charge in [-0.3, -0.25) is 0 Å². The topological polar surface area (TPSA) is 29.1 Å². The maximum absolute atomic E-state index is 10.8. The Balaban J connectivity index is 2.53. The fraction of sp³-hybridized carbons (Fsp3) is 0.417. The van der Waals surface area contributed by atoms with E-state index in [1.54, 1.807) is 0 Å². The molecule has 1 atom stereocenters. The van der Waals surface area contributed by atoms with Crippen molar-refractivity contribution in [2.24, 2.45) is 0 Å². The van der Waals surface area contributed by atoms with E-state index < -0.39 is 0 Å². The molecule has 0 aliphatic rings. The van der Waals surface area contributed by atoms with E-state index in [-0.39, 0.29) is 6.04 Å². The third kappa shape index (κ3) is 3.71. The number of hydrogen-bond donors (Lipinski definition) is 1. The van der Waals surface area contributed by atoms with Crippen LogP contribution in [0, 0.1) is 0 Å². The molecule has 1 rings (SSSR count). The van der Waals surface area contributed by atoms with Crippen molar-refractivity contribution in [2.45, 2.75) is 32.4 Å². The van der Waals surface area contributed by atoms with Crippen molar-refractivity contribution >= 4 is 6.29 Å². The first-order valence-corrected chi connectivity index (χ1v) is 4.97. The van der Waals surface area contributed by atoms with Crippen molar-refractivity contribution in [3.8, 4) is 0 Å². The molecule has 0 saturated carbocycles. The quantitative estimate of drug-likeness (QED) is 0.719. The van der Waals surface area contributed by atoms with Crippen LogP contribution in [0.4, 0.5) is 0 Å². The highest BCUT2D eigenvalue weighted by molar-refractivity contribution is 5.58. The molecule has 2 heteroatoms. The van der Waals surface area contributed by atoms with Crippen molar-refractivity contribution in [2.75, 3.05) is 0 Å². The molecular formula is C12H17NO. The highest BCUT2D eigenvalue weighted by atomic mass is 16.1. The summed E-state index contributed by atoms with van der Waals surface area (Å²) in [4.78, 5) is 10.8. The summed E-state index contributed by atoms with van der Waals surface area (Å²) in [5, 5.41) is 3.21. The van der Waals surface area contributed by atoms with Crippen LogP contribution in [-0.2, 0) is 11.2 Å². The molecule has 14 heavy (non-hydrogen) atoms. The highest BCUT2D eigenvalue weighted by Gasteiger charge is 2.08. The summed E-state index contributed by atoms with van der Waals surface area (Å²) in [6.07, 6.45) is 1.75. The summed E-state index contributed by atoms with van der Waals surface area (Å²) in [5.74, 6) is 0. The van der Waals surface area contributed by atoms with Crippen LogP contribution in [0.15, 0.2) is 30.3 Å². The van der Waals surface area contributed by atoms with E-state index in [1.165, 1.54) is 5.56 Å². The molecule has 0 spiro atoms. The molecule has 76 valence electrons. The van der Waals surface area contributed by atoms with Gasteiger partial charge in [-0.25, -0.2) is 0 Å². The maximum Gasteiger partial charge on any atom is 0.137 e. The van der Waals surface area contributed by atoms with Crippen molar-refractivity contribution in [1.82, 2.24) is 5.32 Å². The maximum atomic E-state index is 10.8. The van der Waals surface area contributed by atoms with Crippen molar-refractivity contribution < 1.29 is 4.79 Å². The second kappa shape index (κ2) is 5.55. The Kier molecular flexibility index (Phi) is 4.33. The second-order valence-corrected chi connectivity index (χ2v) is 3.75. The number of carbonyl (C=O) groups excluding carboxylic acids is 1. The molecular weight excluding hydrogens is 174 g/mol. The van der Waals surface area contributed by atoms with E-state index in [1.807, 2.05) is 44.2 Å². The molecule has 0 aliphatic carbocycles. The molecule has 0 saturated heterocycles.